The normalized spacial score (nSPS) is 24.7. The molecule has 2 heterocycles. The molecule has 6 atom stereocenters. The van der Waals surface area contributed by atoms with Crippen LogP contribution in [0, 0.1) is 0 Å². The molecule has 6 unspecified atom stereocenters. The number of benzene rings is 1. The second-order valence-corrected chi connectivity index (χ2v) is 20.2. The molecule has 0 aromatic heterocycles. The number of rotatable bonds is 14. The quantitative estimate of drug-likeness (QED) is 0.180. The van der Waals surface area contributed by atoms with E-state index in [4.69, 9.17) is 0 Å². The molecule has 2 aliphatic rings. The molecular formula is C28H38O2S8. The summed E-state index contributed by atoms with van der Waals surface area (Å²) in [6.45, 7) is 15.8. The van der Waals surface area contributed by atoms with Crippen LogP contribution >= 0.6 is 94.1 Å². The van der Waals surface area contributed by atoms with Crippen LogP contribution in [0.3, 0.4) is 0 Å². The SMILES string of the molecule is C=C(C)C(=O)SCC1CSC(CSC(C)c2ccccc2C(C)SCC2SCC(CSC(=O)C(=C)C)S2)S1. The standard InChI is InChI=1S/C28H38O2S8/c1-17(2)27(29)35-13-21-11-33-25(37-21)15-31-19(5)23-9-7-8-10-24(23)20(6)32-16-26-34-12-22(38-26)14-36-28(30)18(3)4/h7-10,19-22,25-26H,1,3,11-16H2,2,4-6H3. The van der Waals surface area contributed by atoms with E-state index in [0.717, 1.165) is 34.5 Å². The molecule has 1 aromatic rings. The highest BCUT2D eigenvalue weighted by Gasteiger charge is 2.29. The number of carbonyl (C=O) groups excluding carboxylic acids is 2. The monoisotopic (exact) mass is 662 g/mol. The maximum absolute atomic E-state index is 11.9. The molecule has 0 saturated carbocycles. The second kappa shape index (κ2) is 17.1. The highest BCUT2D eigenvalue weighted by atomic mass is 32.2. The highest BCUT2D eigenvalue weighted by Crippen LogP contribution is 2.46. The Labute approximate surface area is 263 Å². The van der Waals surface area contributed by atoms with Gasteiger partial charge < -0.3 is 0 Å². The lowest BCUT2D eigenvalue weighted by Crippen LogP contribution is -2.08. The molecule has 10 heteroatoms. The zero-order valence-corrected chi connectivity index (χ0v) is 29.0. The number of hydrogen-bond donors (Lipinski definition) is 0. The van der Waals surface area contributed by atoms with Gasteiger partial charge in [-0.1, -0.05) is 60.9 Å². The summed E-state index contributed by atoms with van der Waals surface area (Å²) in [7, 11) is 0. The van der Waals surface area contributed by atoms with E-state index in [-0.39, 0.29) is 10.2 Å². The van der Waals surface area contributed by atoms with Crippen molar-refractivity contribution in [3.8, 4) is 0 Å². The van der Waals surface area contributed by atoms with Gasteiger partial charge in [0.05, 0.1) is 9.16 Å². The Bertz CT molecular complexity index is 906. The van der Waals surface area contributed by atoms with E-state index in [0.29, 0.717) is 41.3 Å². The van der Waals surface area contributed by atoms with E-state index in [1.54, 1.807) is 13.8 Å². The van der Waals surface area contributed by atoms with Crippen LogP contribution in [0.15, 0.2) is 48.6 Å². The Balaban J connectivity index is 1.42. The molecule has 1 aromatic carbocycles. The van der Waals surface area contributed by atoms with Gasteiger partial charge in [-0.3, -0.25) is 9.59 Å². The van der Waals surface area contributed by atoms with Gasteiger partial charge >= 0.3 is 0 Å². The fourth-order valence-corrected chi connectivity index (χ4v) is 15.7. The van der Waals surface area contributed by atoms with Crippen molar-refractivity contribution in [1.29, 1.82) is 0 Å². The van der Waals surface area contributed by atoms with E-state index >= 15 is 0 Å². The molecule has 2 aliphatic heterocycles. The fourth-order valence-electron chi connectivity index (χ4n) is 3.83. The third-order valence-electron chi connectivity index (χ3n) is 5.96. The molecule has 3 rings (SSSR count). The van der Waals surface area contributed by atoms with Crippen LogP contribution in [0.2, 0.25) is 0 Å². The first-order chi connectivity index (χ1) is 18.1. The summed E-state index contributed by atoms with van der Waals surface area (Å²) >= 11 is 15.2. The third kappa shape index (κ3) is 10.9. The zero-order valence-electron chi connectivity index (χ0n) is 22.5. The molecule has 0 spiro atoms. The molecule has 210 valence electrons. The van der Waals surface area contributed by atoms with E-state index in [9.17, 15) is 9.59 Å². The summed E-state index contributed by atoms with van der Waals surface area (Å²) < 4.78 is 1.19. The van der Waals surface area contributed by atoms with Gasteiger partial charge in [0.2, 0.25) is 10.2 Å². The van der Waals surface area contributed by atoms with Crippen molar-refractivity contribution in [2.45, 2.75) is 57.9 Å². The van der Waals surface area contributed by atoms with Gasteiger partial charge in [-0.2, -0.15) is 23.5 Å². The maximum Gasteiger partial charge on any atom is 0.214 e. The van der Waals surface area contributed by atoms with Gasteiger partial charge in [0.1, 0.15) is 0 Å². The van der Waals surface area contributed by atoms with Gasteiger partial charge in [0.25, 0.3) is 0 Å². The van der Waals surface area contributed by atoms with Crippen molar-refractivity contribution in [2.24, 2.45) is 0 Å². The molecule has 2 fully saturated rings. The molecular weight excluding hydrogens is 625 g/mol. The molecule has 2 saturated heterocycles. The predicted octanol–water partition coefficient (Wildman–Crippen LogP) is 9.30. The molecule has 0 N–H and O–H groups in total. The minimum atomic E-state index is 0.129. The molecule has 0 bridgehead atoms. The first-order valence-corrected chi connectivity index (χ1v) is 20.7. The molecule has 0 radical (unpaired) electrons. The Morgan fingerprint density at radius 1 is 0.789 bits per heavy atom. The number of thioether (sulfide) groups is 8. The van der Waals surface area contributed by atoms with Gasteiger partial charge in [-0.05, 0) is 50.0 Å². The lowest BCUT2D eigenvalue weighted by atomic mass is 10.0. The van der Waals surface area contributed by atoms with E-state index in [1.807, 2.05) is 47.0 Å². The summed E-state index contributed by atoms with van der Waals surface area (Å²) in [5.74, 6) is 6.30. The summed E-state index contributed by atoms with van der Waals surface area (Å²) in [5, 5.41) is 2.27. The third-order valence-corrected chi connectivity index (χ3v) is 18.7. The van der Waals surface area contributed by atoms with Crippen molar-refractivity contribution in [3.63, 3.8) is 0 Å². The topological polar surface area (TPSA) is 34.1 Å². The first-order valence-electron chi connectivity index (χ1n) is 12.7. The van der Waals surface area contributed by atoms with Gasteiger partial charge in [-0.15, -0.1) is 47.0 Å². The average Bonchev–Trinajstić information content (AvgIpc) is 3.56. The Morgan fingerprint density at radius 2 is 1.18 bits per heavy atom. The lowest BCUT2D eigenvalue weighted by Gasteiger charge is -2.22. The van der Waals surface area contributed by atoms with Crippen molar-refractivity contribution in [1.82, 2.24) is 0 Å². The maximum atomic E-state index is 11.9. The van der Waals surface area contributed by atoms with Crippen LogP contribution in [0.1, 0.15) is 49.3 Å². The molecule has 0 amide bonds. The second-order valence-electron chi connectivity index (χ2n) is 9.38. The van der Waals surface area contributed by atoms with Crippen LogP contribution in [-0.4, -0.2) is 64.4 Å². The van der Waals surface area contributed by atoms with Crippen LogP contribution < -0.4 is 0 Å². The summed E-state index contributed by atoms with van der Waals surface area (Å²) in [5.41, 5.74) is 4.22. The molecule has 38 heavy (non-hydrogen) atoms. The molecule has 0 aliphatic carbocycles. The van der Waals surface area contributed by atoms with Crippen LogP contribution in [-0.2, 0) is 9.59 Å². The lowest BCUT2D eigenvalue weighted by molar-refractivity contribution is -0.108. The number of hydrogen-bond acceptors (Lipinski definition) is 10. The Morgan fingerprint density at radius 3 is 1.55 bits per heavy atom. The average molecular weight is 663 g/mol. The Hall–Kier alpha value is 0.840. The summed E-state index contributed by atoms with van der Waals surface area (Å²) in [6, 6.07) is 8.98. The highest BCUT2D eigenvalue weighted by molar-refractivity contribution is 8.23. The van der Waals surface area contributed by atoms with Crippen LogP contribution in [0.5, 0.6) is 0 Å². The van der Waals surface area contributed by atoms with Gasteiger partial charge in [0.15, 0.2) is 0 Å². The molecule has 2 nitrogen and oxygen atoms in total. The van der Waals surface area contributed by atoms with Crippen LogP contribution in [0.4, 0.5) is 0 Å². The first kappa shape index (κ1) is 33.3. The predicted molar refractivity (Wildman–Crippen MR) is 188 cm³/mol. The number of carbonyl (C=O) groups is 2. The minimum Gasteiger partial charge on any atom is -0.282 e. The van der Waals surface area contributed by atoms with Gasteiger partial charge in [-0.25, -0.2) is 0 Å². The summed E-state index contributed by atoms with van der Waals surface area (Å²) in [6.07, 6.45) is 0. The van der Waals surface area contributed by atoms with Crippen molar-refractivity contribution in [3.05, 3.63) is 59.7 Å². The van der Waals surface area contributed by atoms with Crippen molar-refractivity contribution < 1.29 is 9.59 Å². The van der Waals surface area contributed by atoms with Gasteiger partial charge in [0, 0.05) is 55.5 Å². The largest absolute Gasteiger partial charge is 0.282 e. The fraction of sp³-hybridized carbons (Fsp3) is 0.571. The van der Waals surface area contributed by atoms with E-state index < -0.39 is 0 Å². The van der Waals surface area contributed by atoms with E-state index in [1.165, 1.54) is 34.7 Å². The van der Waals surface area contributed by atoms with Crippen LogP contribution in [0.25, 0.3) is 0 Å². The smallest absolute Gasteiger partial charge is 0.214 e. The van der Waals surface area contributed by atoms with Crippen molar-refractivity contribution >= 4 is 104 Å². The minimum absolute atomic E-state index is 0.129. The van der Waals surface area contributed by atoms with E-state index in [2.05, 4.69) is 74.8 Å². The zero-order chi connectivity index (χ0) is 27.7. The summed E-state index contributed by atoms with van der Waals surface area (Å²) in [4.78, 5) is 23.7. The Kier molecular flexibility index (Phi) is 15.0. The van der Waals surface area contributed by atoms with Crippen molar-refractivity contribution in [2.75, 3.05) is 34.5 Å².